The van der Waals surface area contributed by atoms with Gasteiger partial charge in [0, 0.05) is 0 Å². The third kappa shape index (κ3) is 24.0. The van der Waals surface area contributed by atoms with E-state index in [0.717, 1.165) is 0 Å². The zero-order valence-corrected chi connectivity index (χ0v) is 20.6. The summed E-state index contributed by atoms with van der Waals surface area (Å²) >= 11 is 0. The standard InChI is InChI=1S/4CHF3O3S.2Mg/c4*2-1(3,4)8(5,6)7;;/h4*(H,5,6,7);;/q;;;;2*+2/p-4. The van der Waals surface area contributed by atoms with Crippen LogP contribution in [0.3, 0.4) is 0 Å². The van der Waals surface area contributed by atoms with Gasteiger partial charge in [-0.05, 0) is 0 Å². The van der Waals surface area contributed by atoms with Crippen LogP contribution < -0.4 is 0 Å². The molecule has 0 N–H and O–H groups in total. The van der Waals surface area contributed by atoms with Gasteiger partial charge in [0.15, 0.2) is 40.5 Å². The first-order chi connectivity index (χ1) is 13.0. The van der Waals surface area contributed by atoms with Crippen molar-refractivity contribution in [3.05, 3.63) is 0 Å². The summed E-state index contributed by atoms with van der Waals surface area (Å²) in [4.78, 5) is 0. The monoisotopic (exact) mass is 644 g/mol. The topological polar surface area (TPSA) is 229 Å². The van der Waals surface area contributed by atoms with E-state index < -0.39 is 62.5 Å². The van der Waals surface area contributed by atoms with E-state index in [2.05, 4.69) is 0 Å². The van der Waals surface area contributed by atoms with E-state index in [1.807, 2.05) is 0 Å². The molecule has 12 nitrogen and oxygen atoms in total. The van der Waals surface area contributed by atoms with Gasteiger partial charge in [-0.3, -0.25) is 0 Å². The maximum absolute atomic E-state index is 10.7. The van der Waals surface area contributed by atoms with Gasteiger partial charge in [-0.1, -0.05) is 0 Å². The Labute approximate surface area is 212 Å². The van der Waals surface area contributed by atoms with E-state index in [9.17, 15) is 52.7 Å². The molecule has 0 rings (SSSR count). The fourth-order valence-corrected chi connectivity index (χ4v) is 0. The van der Waals surface area contributed by atoms with Crippen LogP contribution in [0.4, 0.5) is 52.7 Å². The second-order valence-corrected chi connectivity index (χ2v) is 9.08. The molecule has 0 radical (unpaired) electrons. The molecule has 0 aliphatic heterocycles. The molecule has 30 heteroatoms. The Balaban J connectivity index is -0.0000000754. The summed E-state index contributed by atoms with van der Waals surface area (Å²) in [5, 5.41) is 0. The second-order valence-electron chi connectivity index (χ2n) is 3.60. The van der Waals surface area contributed by atoms with Crippen LogP contribution in [0.25, 0.3) is 0 Å². The Hall–Kier alpha value is 0.332. The van der Waals surface area contributed by atoms with Gasteiger partial charge in [-0.2, -0.15) is 52.7 Å². The van der Waals surface area contributed by atoms with Crippen LogP contribution in [-0.4, -0.2) is 120 Å². The number of hydrogen-bond acceptors (Lipinski definition) is 12. The molecular formula is C4F12Mg2O12S4. The molecule has 0 aromatic carbocycles. The first kappa shape index (κ1) is 47.5. The Morgan fingerprint density at radius 1 is 0.324 bits per heavy atom. The average molecular weight is 645 g/mol. The minimum absolute atomic E-state index is 0. The average Bonchev–Trinajstić information content (AvgIpc) is 2.30. The Bertz CT molecular complexity index is 833. The Morgan fingerprint density at radius 3 is 0.353 bits per heavy atom. The zero-order valence-electron chi connectivity index (χ0n) is 14.5. The van der Waals surface area contributed by atoms with Gasteiger partial charge in [0.2, 0.25) is 0 Å². The molecule has 0 heterocycles. The summed E-state index contributed by atoms with van der Waals surface area (Å²) in [5.74, 6) is 0. The summed E-state index contributed by atoms with van der Waals surface area (Å²) in [6.45, 7) is 0. The summed E-state index contributed by atoms with van der Waals surface area (Å²) < 4.78 is 236. The van der Waals surface area contributed by atoms with Gasteiger partial charge >= 0.3 is 68.1 Å². The van der Waals surface area contributed by atoms with E-state index in [1.54, 1.807) is 0 Å². The van der Waals surface area contributed by atoms with Gasteiger partial charge < -0.3 is 18.2 Å². The van der Waals surface area contributed by atoms with Crippen molar-refractivity contribution >= 4 is 86.6 Å². The first-order valence-corrected chi connectivity index (χ1v) is 10.7. The van der Waals surface area contributed by atoms with Crippen molar-refractivity contribution < 1.29 is 105 Å². The van der Waals surface area contributed by atoms with Gasteiger partial charge in [0.25, 0.3) is 0 Å². The summed E-state index contributed by atoms with van der Waals surface area (Å²) in [5.41, 5.74) is -22.6. The predicted octanol–water partition coefficient (Wildman–Crippen LogP) is -0.556. The summed E-state index contributed by atoms with van der Waals surface area (Å²) in [6.07, 6.45) is 0. The van der Waals surface area contributed by atoms with Crippen molar-refractivity contribution in [3.63, 3.8) is 0 Å². The largest absolute Gasteiger partial charge is 2.00 e. The van der Waals surface area contributed by atoms with Crippen molar-refractivity contribution in [1.29, 1.82) is 0 Å². The molecule has 0 fully saturated rings. The molecule has 0 saturated heterocycles. The molecule has 0 aromatic heterocycles. The van der Waals surface area contributed by atoms with E-state index in [-0.39, 0.29) is 46.1 Å². The number of rotatable bonds is 0. The molecule has 0 saturated carbocycles. The van der Waals surface area contributed by atoms with Gasteiger partial charge in [0.1, 0.15) is 0 Å². The van der Waals surface area contributed by atoms with Crippen molar-refractivity contribution in [2.24, 2.45) is 0 Å². The van der Waals surface area contributed by atoms with Crippen LogP contribution in [0.15, 0.2) is 0 Å². The van der Waals surface area contributed by atoms with E-state index in [0.29, 0.717) is 0 Å². The normalized spacial score (nSPS) is 13.2. The first-order valence-electron chi connectivity index (χ1n) is 5.08. The Kier molecular flexibility index (Phi) is 20.8. The van der Waals surface area contributed by atoms with Gasteiger partial charge in [-0.25, -0.2) is 33.7 Å². The van der Waals surface area contributed by atoms with Crippen molar-refractivity contribution in [1.82, 2.24) is 0 Å². The maximum atomic E-state index is 10.7. The zero-order chi connectivity index (χ0) is 28.0. The number of alkyl halides is 12. The second kappa shape index (κ2) is 14.9. The summed E-state index contributed by atoms with van der Waals surface area (Å²) in [6, 6.07) is 0. The van der Waals surface area contributed by atoms with Crippen LogP contribution in [0, 0.1) is 0 Å². The fourth-order valence-electron chi connectivity index (χ4n) is 0. The smallest absolute Gasteiger partial charge is 0.741 e. The van der Waals surface area contributed by atoms with Crippen LogP contribution in [0.2, 0.25) is 0 Å². The molecule has 0 aliphatic rings. The fraction of sp³-hybridized carbons (Fsp3) is 1.00. The number of hydrogen-bond donors (Lipinski definition) is 0. The SMILES string of the molecule is O=S(=O)([O-])C(F)(F)F.O=S(=O)([O-])C(F)(F)F.O=S(=O)([O-])C(F)(F)F.O=S(=O)([O-])C(F)(F)F.[Mg+2].[Mg+2]. The van der Waals surface area contributed by atoms with E-state index in [1.165, 1.54) is 0 Å². The number of halogens is 12. The molecular weight excluding hydrogens is 645 g/mol. The van der Waals surface area contributed by atoms with Crippen LogP contribution in [-0.2, 0) is 40.5 Å². The quantitative estimate of drug-likeness (QED) is 0.140. The molecule has 0 aliphatic carbocycles. The minimum atomic E-state index is -6.09. The van der Waals surface area contributed by atoms with Crippen LogP contribution in [0.5, 0.6) is 0 Å². The Morgan fingerprint density at radius 2 is 0.353 bits per heavy atom. The van der Waals surface area contributed by atoms with Gasteiger partial charge in [0.05, 0.1) is 0 Å². The van der Waals surface area contributed by atoms with Gasteiger partial charge in [-0.15, -0.1) is 0 Å². The third-order valence-electron chi connectivity index (χ3n) is 1.13. The predicted molar refractivity (Wildman–Crippen MR) is 74.5 cm³/mol. The van der Waals surface area contributed by atoms with Crippen molar-refractivity contribution in [3.8, 4) is 0 Å². The van der Waals surface area contributed by atoms with Crippen LogP contribution >= 0.6 is 0 Å². The molecule has 0 bridgehead atoms. The molecule has 0 atom stereocenters. The minimum Gasteiger partial charge on any atom is -0.741 e. The maximum Gasteiger partial charge on any atom is 2.00 e. The molecule has 0 unspecified atom stereocenters. The van der Waals surface area contributed by atoms with Crippen LogP contribution in [0.1, 0.15) is 0 Å². The molecule has 34 heavy (non-hydrogen) atoms. The summed E-state index contributed by atoms with van der Waals surface area (Å²) in [7, 11) is -24.4. The molecule has 0 amide bonds. The molecule has 0 aromatic rings. The molecule has 0 spiro atoms. The molecule has 200 valence electrons. The van der Waals surface area contributed by atoms with E-state index >= 15 is 0 Å². The van der Waals surface area contributed by atoms with Crippen molar-refractivity contribution in [2.75, 3.05) is 0 Å². The van der Waals surface area contributed by atoms with Crippen molar-refractivity contribution in [2.45, 2.75) is 22.0 Å². The third-order valence-corrected chi connectivity index (χ3v) is 3.40. The van der Waals surface area contributed by atoms with E-state index in [4.69, 9.17) is 51.9 Å².